The first-order valence-corrected chi connectivity index (χ1v) is 4.53. The second-order valence-electron chi connectivity index (χ2n) is 2.98. The van der Waals surface area contributed by atoms with Crippen molar-refractivity contribution in [3.63, 3.8) is 0 Å². The highest BCUT2D eigenvalue weighted by molar-refractivity contribution is 5.68. The van der Waals surface area contributed by atoms with Crippen molar-refractivity contribution in [2.45, 2.75) is 13.0 Å². The van der Waals surface area contributed by atoms with Crippen molar-refractivity contribution in [2.24, 2.45) is 5.11 Å². The Bertz CT molecular complexity index is 496. The summed E-state index contributed by atoms with van der Waals surface area (Å²) in [6.07, 6.45) is 5.66. The molecule has 0 aliphatic rings. The zero-order valence-electron chi connectivity index (χ0n) is 7.98. The predicted molar refractivity (Wildman–Crippen MR) is 54.0 cm³/mol. The molecule has 76 valence electrons. The molecule has 7 nitrogen and oxygen atoms in total. The van der Waals surface area contributed by atoms with E-state index >= 15 is 0 Å². The van der Waals surface area contributed by atoms with Crippen molar-refractivity contribution in [1.29, 1.82) is 0 Å². The van der Waals surface area contributed by atoms with Gasteiger partial charge in [-0.25, -0.2) is 15.0 Å². The van der Waals surface area contributed by atoms with Crippen LogP contribution in [-0.2, 0) is 6.54 Å². The van der Waals surface area contributed by atoms with E-state index in [-0.39, 0.29) is 0 Å². The summed E-state index contributed by atoms with van der Waals surface area (Å²) in [6, 6.07) is 0. The van der Waals surface area contributed by atoms with Crippen LogP contribution in [-0.4, -0.2) is 26.1 Å². The number of azide groups is 1. The molecule has 0 N–H and O–H groups in total. The highest BCUT2D eigenvalue weighted by Crippen LogP contribution is 2.07. The standard InChI is InChI=1S/C8H9N7/c9-14-13-2-1-3-15-6-12-7-4-10-5-11-8(7)15/h4-6H,1-3H2. The molecule has 0 radical (unpaired) electrons. The van der Waals surface area contributed by atoms with E-state index in [4.69, 9.17) is 5.53 Å². The van der Waals surface area contributed by atoms with Gasteiger partial charge in [-0.1, -0.05) is 5.11 Å². The molecule has 0 spiro atoms. The van der Waals surface area contributed by atoms with Crippen LogP contribution < -0.4 is 0 Å². The minimum atomic E-state index is 0.487. The van der Waals surface area contributed by atoms with Gasteiger partial charge in [0.05, 0.1) is 12.5 Å². The van der Waals surface area contributed by atoms with Crippen molar-refractivity contribution in [3.8, 4) is 0 Å². The first kappa shape index (κ1) is 9.42. The number of hydrogen-bond acceptors (Lipinski definition) is 4. The third-order valence-corrected chi connectivity index (χ3v) is 2.00. The van der Waals surface area contributed by atoms with Gasteiger partial charge in [0.1, 0.15) is 11.8 Å². The fourth-order valence-corrected chi connectivity index (χ4v) is 1.33. The number of imidazole rings is 1. The van der Waals surface area contributed by atoms with Gasteiger partial charge in [0.2, 0.25) is 0 Å². The Morgan fingerprint density at radius 1 is 1.47 bits per heavy atom. The number of aromatic nitrogens is 4. The summed E-state index contributed by atoms with van der Waals surface area (Å²) in [5, 5.41) is 3.47. The number of nitrogens with zero attached hydrogens (tertiary/aromatic N) is 7. The van der Waals surface area contributed by atoms with E-state index in [1.807, 2.05) is 4.57 Å². The van der Waals surface area contributed by atoms with Gasteiger partial charge in [0.15, 0.2) is 5.65 Å². The second kappa shape index (κ2) is 4.39. The Balaban J connectivity index is 2.11. The van der Waals surface area contributed by atoms with Crippen LogP contribution in [0.2, 0.25) is 0 Å². The molecule has 0 saturated heterocycles. The van der Waals surface area contributed by atoms with Crippen LogP contribution in [0, 0.1) is 0 Å². The smallest absolute Gasteiger partial charge is 0.163 e. The lowest BCUT2D eigenvalue weighted by molar-refractivity contribution is 0.660. The summed E-state index contributed by atoms with van der Waals surface area (Å²) in [4.78, 5) is 14.9. The van der Waals surface area contributed by atoms with Crippen molar-refractivity contribution in [2.75, 3.05) is 6.54 Å². The molecule has 2 heterocycles. The van der Waals surface area contributed by atoms with Crippen LogP contribution in [0.4, 0.5) is 0 Å². The number of fused-ring (bicyclic) bond motifs is 1. The minimum Gasteiger partial charge on any atom is -0.315 e. The molecule has 2 aromatic rings. The molecule has 0 unspecified atom stereocenters. The number of aryl methyl sites for hydroxylation is 1. The van der Waals surface area contributed by atoms with E-state index in [0.717, 1.165) is 24.1 Å². The highest BCUT2D eigenvalue weighted by Gasteiger charge is 2.01. The lowest BCUT2D eigenvalue weighted by Crippen LogP contribution is -1.98. The Morgan fingerprint density at radius 2 is 2.40 bits per heavy atom. The van der Waals surface area contributed by atoms with Gasteiger partial charge in [-0.3, -0.25) is 0 Å². The topological polar surface area (TPSA) is 92.4 Å². The van der Waals surface area contributed by atoms with Crippen LogP contribution in [0.1, 0.15) is 6.42 Å². The quantitative estimate of drug-likeness (QED) is 0.326. The van der Waals surface area contributed by atoms with Gasteiger partial charge in [0.25, 0.3) is 0 Å². The predicted octanol–water partition coefficient (Wildman–Crippen LogP) is 1.53. The summed E-state index contributed by atoms with van der Waals surface area (Å²) in [5.74, 6) is 0. The molecule has 0 fully saturated rings. The zero-order valence-corrected chi connectivity index (χ0v) is 7.98. The molecule has 0 aromatic carbocycles. The van der Waals surface area contributed by atoms with Gasteiger partial charge >= 0.3 is 0 Å². The summed E-state index contributed by atoms with van der Waals surface area (Å²) >= 11 is 0. The molecule has 0 atom stereocenters. The first-order valence-electron chi connectivity index (χ1n) is 4.53. The Labute approximate surface area is 85.4 Å². The van der Waals surface area contributed by atoms with E-state index in [2.05, 4.69) is 25.0 Å². The molecule has 15 heavy (non-hydrogen) atoms. The van der Waals surface area contributed by atoms with Crippen molar-refractivity contribution < 1.29 is 0 Å². The minimum absolute atomic E-state index is 0.487. The summed E-state index contributed by atoms with van der Waals surface area (Å²) in [6.45, 7) is 1.23. The largest absolute Gasteiger partial charge is 0.315 e. The number of hydrogen-bond donors (Lipinski definition) is 0. The molecular formula is C8H9N7. The maximum Gasteiger partial charge on any atom is 0.163 e. The van der Waals surface area contributed by atoms with Crippen molar-refractivity contribution >= 4 is 11.2 Å². The highest BCUT2D eigenvalue weighted by atomic mass is 15.1. The molecule has 0 aliphatic heterocycles. The fraction of sp³-hybridized carbons (Fsp3) is 0.375. The summed E-state index contributed by atoms with van der Waals surface area (Å²) < 4.78 is 1.92. The lowest BCUT2D eigenvalue weighted by Gasteiger charge is -1.99. The third-order valence-electron chi connectivity index (χ3n) is 2.00. The van der Waals surface area contributed by atoms with Crippen LogP contribution in [0.25, 0.3) is 21.6 Å². The Kier molecular flexibility index (Phi) is 2.75. The average Bonchev–Trinajstić information content (AvgIpc) is 2.68. The van der Waals surface area contributed by atoms with Crippen LogP contribution in [0.3, 0.4) is 0 Å². The molecule has 0 bridgehead atoms. The third kappa shape index (κ3) is 2.03. The SMILES string of the molecule is [N-]=[N+]=NCCCn1cnc2cncnc21. The molecule has 0 aliphatic carbocycles. The van der Waals surface area contributed by atoms with Gasteiger partial charge in [-0.15, -0.1) is 0 Å². The molecule has 7 heteroatoms. The molecule has 0 amide bonds. The van der Waals surface area contributed by atoms with Crippen molar-refractivity contribution in [3.05, 3.63) is 29.3 Å². The molecule has 0 saturated carbocycles. The van der Waals surface area contributed by atoms with E-state index in [1.54, 1.807) is 12.5 Å². The lowest BCUT2D eigenvalue weighted by atomic mass is 10.4. The van der Waals surface area contributed by atoms with E-state index in [9.17, 15) is 0 Å². The van der Waals surface area contributed by atoms with Crippen LogP contribution in [0.15, 0.2) is 24.0 Å². The summed E-state index contributed by atoms with van der Waals surface area (Å²) in [5.41, 5.74) is 9.70. The van der Waals surface area contributed by atoms with E-state index in [0.29, 0.717) is 6.54 Å². The maximum atomic E-state index is 8.11. The molecular weight excluding hydrogens is 194 g/mol. The average molecular weight is 203 g/mol. The van der Waals surface area contributed by atoms with Crippen LogP contribution >= 0.6 is 0 Å². The van der Waals surface area contributed by atoms with E-state index < -0.39 is 0 Å². The Morgan fingerprint density at radius 3 is 3.27 bits per heavy atom. The fourth-order valence-electron chi connectivity index (χ4n) is 1.33. The van der Waals surface area contributed by atoms with Gasteiger partial charge in [-0.2, -0.15) is 0 Å². The number of rotatable bonds is 4. The van der Waals surface area contributed by atoms with E-state index in [1.165, 1.54) is 6.33 Å². The van der Waals surface area contributed by atoms with Gasteiger partial charge in [-0.05, 0) is 12.0 Å². The monoisotopic (exact) mass is 203 g/mol. The zero-order chi connectivity index (χ0) is 10.5. The van der Waals surface area contributed by atoms with Crippen molar-refractivity contribution in [1.82, 2.24) is 19.5 Å². The normalized spacial score (nSPS) is 10.1. The van der Waals surface area contributed by atoms with Gasteiger partial charge in [0, 0.05) is 18.0 Å². The van der Waals surface area contributed by atoms with Gasteiger partial charge < -0.3 is 4.57 Å². The Hall–Kier alpha value is -2.14. The summed E-state index contributed by atoms with van der Waals surface area (Å²) in [7, 11) is 0. The first-order chi connectivity index (χ1) is 7.42. The molecule has 2 rings (SSSR count). The molecule has 2 aromatic heterocycles. The van der Waals surface area contributed by atoms with Crippen LogP contribution in [0.5, 0.6) is 0 Å². The second-order valence-corrected chi connectivity index (χ2v) is 2.98. The maximum absolute atomic E-state index is 8.11.